The fraction of sp³-hybridized carbons (Fsp3) is 0.227. The number of nitrogens with zero attached hydrogens (tertiary/aromatic N) is 4. The number of pyridine rings is 1. The van der Waals surface area contributed by atoms with Gasteiger partial charge in [0.25, 0.3) is 0 Å². The number of hydrazine groups is 1. The molecule has 2 unspecified atom stereocenters. The standard InChI is InChI=1S/C44H44N6O5/c1-31(45)43(52)50(36-24-14-26-46-41(36)42(51)37-25-15-27-49(37)47-30-48-54)38(28-32-16-6-2-7-17-32)40(44(53)55-29-33-18-8-3-9-19-33)39(34-20-10-4-11-21-34)35-22-12-5-13-23-35/h2-14,16-24,26,31,37-38,47H,15,25,27-30,45H2,1H3/t31-,37?,38?/m0/s1. The van der Waals surface area contributed by atoms with Gasteiger partial charge in [-0.25, -0.2) is 15.2 Å². The molecule has 1 aliphatic heterocycles. The fourth-order valence-corrected chi connectivity index (χ4v) is 7.00. The van der Waals surface area contributed by atoms with Crippen LogP contribution < -0.4 is 16.1 Å². The molecule has 55 heavy (non-hydrogen) atoms. The van der Waals surface area contributed by atoms with Crippen LogP contribution in [0.25, 0.3) is 5.57 Å². The maximum absolute atomic E-state index is 15.1. The molecule has 1 aliphatic rings. The number of nitroso groups, excluding NO2 is 1. The molecule has 6 rings (SSSR count). The van der Waals surface area contributed by atoms with Crippen LogP contribution in [0.2, 0.25) is 0 Å². The van der Waals surface area contributed by atoms with Crippen molar-refractivity contribution in [3.05, 3.63) is 178 Å². The van der Waals surface area contributed by atoms with Crippen LogP contribution in [0.5, 0.6) is 0 Å². The molecule has 3 atom stereocenters. The molecule has 4 aromatic carbocycles. The van der Waals surface area contributed by atoms with Crippen LogP contribution in [0.4, 0.5) is 5.69 Å². The van der Waals surface area contributed by atoms with Gasteiger partial charge in [0.05, 0.1) is 29.4 Å². The number of anilines is 1. The first kappa shape index (κ1) is 38.6. The van der Waals surface area contributed by atoms with Gasteiger partial charge in [-0.05, 0) is 60.6 Å². The number of hydrogen-bond donors (Lipinski definition) is 2. The van der Waals surface area contributed by atoms with Gasteiger partial charge in [0.15, 0.2) is 0 Å². The number of benzene rings is 4. The highest BCUT2D eigenvalue weighted by molar-refractivity contribution is 6.10. The number of carbonyl (C=O) groups is 3. The number of nitrogens with two attached hydrogens (primary N) is 1. The average Bonchev–Trinajstić information content (AvgIpc) is 3.71. The van der Waals surface area contributed by atoms with Crippen molar-refractivity contribution in [2.45, 2.75) is 50.9 Å². The van der Waals surface area contributed by atoms with Crippen molar-refractivity contribution in [2.75, 3.05) is 18.1 Å². The topological polar surface area (TPSA) is 147 Å². The molecule has 0 radical (unpaired) electrons. The zero-order valence-electron chi connectivity index (χ0n) is 30.7. The SMILES string of the molecule is C[C@H](N)C(=O)N(c1cccnc1C(=O)C1CCCN1NCN=O)C(Cc1ccccc1)C(C(=O)OCc1ccccc1)=C(c1ccccc1)c1ccccc1. The van der Waals surface area contributed by atoms with Crippen molar-refractivity contribution in [3.8, 4) is 0 Å². The molecule has 11 nitrogen and oxygen atoms in total. The number of rotatable bonds is 16. The summed E-state index contributed by atoms with van der Waals surface area (Å²) in [6.45, 7) is 1.88. The number of aromatic nitrogens is 1. The first-order valence-corrected chi connectivity index (χ1v) is 18.3. The number of amides is 1. The molecular weight excluding hydrogens is 693 g/mol. The Morgan fingerprint density at radius 3 is 2.02 bits per heavy atom. The second kappa shape index (κ2) is 18.8. The number of ketones is 1. The minimum atomic E-state index is -1.05. The van der Waals surface area contributed by atoms with E-state index in [0.29, 0.717) is 25.0 Å². The molecule has 0 bridgehead atoms. The van der Waals surface area contributed by atoms with Gasteiger partial charge in [-0.15, -0.1) is 4.91 Å². The Hall–Kier alpha value is -6.14. The van der Waals surface area contributed by atoms with E-state index < -0.39 is 30.0 Å². The van der Waals surface area contributed by atoms with Gasteiger partial charge < -0.3 is 15.4 Å². The molecular formula is C44H44N6O5. The fourth-order valence-electron chi connectivity index (χ4n) is 7.00. The van der Waals surface area contributed by atoms with E-state index in [-0.39, 0.29) is 42.4 Å². The lowest BCUT2D eigenvalue weighted by molar-refractivity contribution is -0.140. The molecule has 1 aromatic heterocycles. The summed E-state index contributed by atoms with van der Waals surface area (Å²) < 4.78 is 6.17. The number of carbonyl (C=O) groups excluding carboxylic acids is 3. The zero-order valence-corrected chi connectivity index (χ0v) is 30.7. The summed E-state index contributed by atoms with van der Waals surface area (Å²) in [6, 6.07) is 38.5. The summed E-state index contributed by atoms with van der Waals surface area (Å²) in [5.74, 6) is -1.52. The molecule has 1 amide bonds. The van der Waals surface area contributed by atoms with E-state index in [1.807, 2.05) is 121 Å². The van der Waals surface area contributed by atoms with Gasteiger partial charge in [-0.1, -0.05) is 127 Å². The van der Waals surface area contributed by atoms with Crippen LogP contribution in [0.1, 0.15) is 52.5 Å². The molecule has 0 aliphatic carbocycles. The van der Waals surface area contributed by atoms with Crippen molar-refractivity contribution in [3.63, 3.8) is 0 Å². The lowest BCUT2D eigenvalue weighted by Gasteiger charge is -2.36. The first-order chi connectivity index (χ1) is 26.9. The van der Waals surface area contributed by atoms with Crippen LogP contribution in [0.3, 0.4) is 0 Å². The number of Topliss-reactive ketones (excluding diaryl/α,β-unsaturated/α-hetero) is 1. The molecule has 280 valence electrons. The van der Waals surface area contributed by atoms with Crippen LogP contribution >= 0.6 is 0 Å². The minimum Gasteiger partial charge on any atom is -0.457 e. The molecule has 5 aromatic rings. The molecule has 0 saturated carbocycles. The quantitative estimate of drug-likeness (QED) is 0.0502. The summed E-state index contributed by atoms with van der Waals surface area (Å²) in [7, 11) is 0. The van der Waals surface area contributed by atoms with E-state index >= 15 is 4.79 Å². The Balaban J connectivity index is 1.62. The smallest absolute Gasteiger partial charge is 0.337 e. The van der Waals surface area contributed by atoms with Crippen molar-refractivity contribution in [1.82, 2.24) is 15.4 Å². The van der Waals surface area contributed by atoms with E-state index in [1.54, 1.807) is 24.1 Å². The van der Waals surface area contributed by atoms with Gasteiger partial charge in [-0.3, -0.25) is 14.6 Å². The van der Waals surface area contributed by atoms with E-state index in [1.165, 1.54) is 11.1 Å². The summed E-state index contributed by atoms with van der Waals surface area (Å²) in [5, 5.41) is 4.60. The van der Waals surface area contributed by atoms with Gasteiger partial charge in [0.2, 0.25) is 11.7 Å². The number of esters is 1. The van der Waals surface area contributed by atoms with Crippen LogP contribution in [0.15, 0.2) is 150 Å². The van der Waals surface area contributed by atoms with Crippen molar-refractivity contribution < 1.29 is 19.1 Å². The third-order valence-corrected chi connectivity index (χ3v) is 9.54. The number of hydrogen-bond acceptors (Lipinski definition) is 10. The Morgan fingerprint density at radius 1 is 0.855 bits per heavy atom. The molecule has 0 spiro atoms. The summed E-state index contributed by atoms with van der Waals surface area (Å²) in [4.78, 5) is 61.4. The molecule has 11 heteroatoms. The first-order valence-electron chi connectivity index (χ1n) is 18.3. The summed E-state index contributed by atoms with van der Waals surface area (Å²) >= 11 is 0. The van der Waals surface area contributed by atoms with Crippen molar-refractivity contribution >= 4 is 28.9 Å². The van der Waals surface area contributed by atoms with E-state index in [9.17, 15) is 14.5 Å². The molecule has 3 N–H and O–H groups in total. The third kappa shape index (κ3) is 9.33. The van der Waals surface area contributed by atoms with E-state index in [0.717, 1.165) is 22.3 Å². The number of ether oxygens (including phenoxy) is 1. The van der Waals surface area contributed by atoms with Crippen molar-refractivity contribution in [2.24, 2.45) is 10.9 Å². The Morgan fingerprint density at radius 2 is 1.44 bits per heavy atom. The highest BCUT2D eigenvalue weighted by Crippen LogP contribution is 2.36. The van der Waals surface area contributed by atoms with Gasteiger partial charge in [0.1, 0.15) is 19.0 Å². The number of nitrogens with one attached hydrogen (secondary N) is 1. The van der Waals surface area contributed by atoms with Crippen LogP contribution in [-0.2, 0) is 27.4 Å². The normalized spacial score (nSPS) is 15.1. The van der Waals surface area contributed by atoms with Crippen LogP contribution in [0, 0.1) is 4.91 Å². The lowest BCUT2D eigenvalue weighted by atomic mass is 9.85. The molecule has 1 fully saturated rings. The average molecular weight is 737 g/mol. The lowest BCUT2D eigenvalue weighted by Crippen LogP contribution is -2.52. The Labute approximate surface area is 320 Å². The highest BCUT2D eigenvalue weighted by atomic mass is 16.5. The predicted molar refractivity (Wildman–Crippen MR) is 212 cm³/mol. The van der Waals surface area contributed by atoms with Crippen LogP contribution in [-0.4, -0.2) is 59.0 Å². The van der Waals surface area contributed by atoms with Gasteiger partial charge in [-0.2, -0.15) is 0 Å². The second-order valence-electron chi connectivity index (χ2n) is 13.3. The van der Waals surface area contributed by atoms with Gasteiger partial charge in [0, 0.05) is 18.3 Å². The summed E-state index contributed by atoms with van der Waals surface area (Å²) in [5.41, 5.74) is 13.4. The van der Waals surface area contributed by atoms with Gasteiger partial charge >= 0.3 is 5.97 Å². The Bertz CT molecular complexity index is 2050. The minimum absolute atomic E-state index is 0.0177. The third-order valence-electron chi connectivity index (χ3n) is 9.54. The van der Waals surface area contributed by atoms with E-state index in [2.05, 4.69) is 15.6 Å². The Kier molecular flexibility index (Phi) is 13.2. The summed E-state index contributed by atoms with van der Waals surface area (Å²) in [6.07, 6.45) is 2.85. The van der Waals surface area contributed by atoms with Crippen molar-refractivity contribution in [1.29, 1.82) is 0 Å². The maximum Gasteiger partial charge on any atom is 0.337 e. The molecule has 2 heterocycles. The zero-order chi connectivity index (χ0) is 38.6. The highest BCUT2D eigenvalue weighted by Gasteiger charge is 2.40. The monoisotopic (exact) mass is 736 g/mol. The maximum atomic E-state index is 15.1. The largest absolute Gasteiger partial charge is 0.457 e. The predicted octanol–water partition coefficient (Wildman–Crippen LogP) is 6.49. The second-order valence-corrected chi connectivity index (χ2v) is 13.3. The molecule has 1 saturated heterocycles. The van der Waals surface area contributed by atoms with E-state index in [4.69, 9.17) is 10.5 Å².